The van der Waals surface area contributed by atoms with Gasteiger partial charge in [-0.05, 0) is 54.8 Å². The predicted molar refractivity (Wildman–Crippen MR) is 146 cm³/mol. The van der Waals surface area contributed by atoms with Crippen molar-refractivity contribution >= 4 is 28.5 Å². The van der Waals surface area contributed by atoms with E-state index in [4.69, 9.17) is 14.2 Å². The van der Waals surface area contributed by atoms with Crippen molar-refractivity contribution in [2.24, 2.45) is 0 Å². The first kappa shape index (κ1) is 26.2. The average molecular weight is 530 g/mol. The van der Waals surface area contributed by atoms with E-state index in [-0.39, 0.29) is 24.5 Å². The van der Waals surface area contributed by atoms with Crippen molar-refractivity contribution in [1.29, 1.82) is 0 Å². The molecule has 0 saturated carbocycles. The Labute approximate surface area is 226 Å². The van der Waals surface area contributed by atoms with Gasteiger partial charge in [-0.25, -0.2) is 4.68 Å². The Hall–Kier alpha value is -4.44. The Morgan fingerprint density at radius 3 is 2.59 bits per heavy atom. The maximum absolute atomic E-state index is 14.1. The van der Waals surface area contributed by atoms with Gasteiger partial charge in [-0.15, -0.1) is 5.10 Å². The Morgan fingerprint density at radius 1 is 1.05 bits per heavy atom. The molecule has 10 heteroatoms. The zero-order valence-electron chi connectivity index (χ0n) is 21.9. The molecule has 1 N–H and O–H groups in total. The summed E-state index contributed by atoms with van der Waals surface area (Å²) in [4.78, 5) is 29.6. The van der Waals surface area contributed by atoms with E-state index in [0.717, 1.165) is 18.4 Å². The number of hydrogen-bond donors (Lipinski definition) is 1. The van der Waals surface area contributed by atoms with Gasteiger partial charge >= 0.3 is 0 Å². The smallest absolute Gasteiger partial charge is 0.249 e. The fraction of sp³-hybridized carbons (Fsp3) is 0.310. The molecule has 1 aliphatic rings. The maximum atomic E-state index is 14.1. The molecule has 1 saturated heterocycles. The van der Waals surface area contributed by atoms with Crippen molar-refractivity contribution in [3.05, 3.63) is 78.4 Å². The van der Waals surface area contributed by atoms with Gasteiger partial charge in [0.05, 0.1) is 25.8 Å². The van der Waals surface area contributed by atoms with Crippen LogP contribution in [0.25, 0.3) is 11.0 Å². The third-order valence-electron chi connectivity index (χ3n) is 6.75. The van der Waals surface area contributed by atoms with E-state index in [1.807, 2.05) is 30.3 Å². The van der Waals surface area contributed by atoms with Crippen LogP contribution in [-0.4, -0.2) is 60.3 Å². The summed E-state index contributed by atoms with van der Waals surface area (Å²) in [5.74, 6) is 0.447. The molecule has 10 nitrogen and oxygen atoms in total. The largest absolute Gasteiger partial charge is 0.497 e. The van der Waals surface area contributed by atoms with Crippen LogP contribution in [0.2, 0.25) is 0 Å². The fourth-order valence-corrected chi connectivity index (χ4v) is 4.78. The van der Waals surface area contributed by atoms with E-state index in [0.29, 0.717) is 41.4 Å². The monoisotopic (exact) mass is 529 g/mol. The molecule has 0 bridgehead atoms. The second-order valence-corrected chi connectivity index (χ2v) is 9.26. The van der Waals surface area contributed by atoms with Crippen LogP contribution in [0, 0.1) is 0 Å². The summed E-state index contributed by atoms with van der Waals surface area (Å²) in [6.45, 7) is 0.907. The minimum absolute atomic E-state index is 0.0533. The van der Waals surface area contributed by atoms with Gasteiger partial charge < -0.3 is 19.5 Å². The number of anilines is 1. The van der Waals surface area contributed by atoms with Gasteiger partial charge in [0.2, 0.25) is 11.8 Å². The highest BCUT2D eigenvalue weighted by Gasteiger charge is 2.34. The van der Waals surface area contributed by atoms with E-state index < -0.39 is 6.04 Å². The predicted octanol–water partition coefficient (Wildman–Crippen LogP) is 3.52. The lowest BCUT2D eigenvalue weighted by atomic mass is 10.0. The number of nitrogens with zero attached hydrogens (tertiary/aromatic N) is 4. The highest BCUT2D eigenvalue weighted by molar-refractivity contribution is 6.01. The number of aromatic nitrogens is 3. The van der Waals surface area contributed by atoms with Crippen LogP contribution in [0.4, 0.5) is 5.69 Å². The van der Waals surface area contributed by atoms with Gasteiger partial charge in [0.15, 0.2) is 0 Å². The number of hydrogen-bond acceptors (Lipinski definition) is 7. The van der Waals surface area contributed by atoms with Crippen molar-refractivity contribution in [2.75, 3.05) is 32.3 Å². The lowest BCUT2D eigenvalue weighted by molar-refractivity contribution is -0.127. The van der Waals surface area contributed by atoms with Gasteiger partial charge in [-0.1, -0.05) is 35.5 Å². The Bertz CT molecular complexity index is 1450. The van der Waals surface area contributed by atoms with Gasteiger partial charge in [-0.2, -0.15) is 0 Å². The summed E-state index contributed by atoms with van der Waals surface area (Å²) >= 11 is 0. The Morgan fingerprint density at radius 2 is 1.82 bits per heavy atom. The molecule has 0 spiro atoms. The molecule has 202 valence electrons. The number of para-hydroxylation sites is 1. The van der Waals surface area contributed by atoms with Gasteiger partial charge in [-0.3, -0.25) is 14.5 Å². The van der Waals surface area contributed by atoms with Crippen LogP contribution in [0.15, 0.2) is 72.8 Å². The molecule has 2 atom stereocenters. The Balaban J connectivity index is 1.56. The molecule has 2 heterocycles. The highest BCUT2D eigenvalue weighted by Crippen LogP contribution is 2.32. The molecule has 1 fully saturated rings. The van der Waals surface area contributed by atoms with Gasteiger partial charge in [0.1, 0.15) is 29.6 Å². The molecule has 1 aromatic heterocycles. The van der Waals surface area contributed by atoms with Crippen LogP contribution in [0.5, 0.6) is 11.5 Å². The van der Waals surface area contributed by atoms with Crippen LogP contribution in [-0.2, 0) is 20.9 Å². The molecular formula is C29H31N5O5. The summed E-state index contributed by atoms with van der Waals surface area (Å²) in [6.07, 6.45) is 1.78. The summed E-state index contributed by atoms with van der Waals surface area (Å²) in [7, 11) is 3.12. The zero-order valence-corrected chi connectivity index (χ0v) is 21.9. The molecule has 0 radical (unpaired) electrons. The quantitative estimate of drug-likeness (QED) is 0.335. The summed E-state index contributed by atoms with van der Waals surface area (Å²) in [6, 6.07) is 20.7. The first-order valence-electron chi connectivity index (χ1n) is 12.8. The lowest BCUT2D eigenvalue weighted by Gasteiger charge is -2.32. The standard InChI is InChI=1S/C29H31N5O5/c1-37-22-10-5-8-20(16-22)28(29(36)30-18-24-12-7-15-39-24)34(21-9-6-11-23(17-21)38-2)27(35)19-33-26-14-4-3-13-25(26)31-32-33/h3-6,8-11,13-14,16-17,24,28H,7,12,15,18-19H2,1-2H3,(H,30,36)/t24-,28+/m1/s1. The number of fused-ring (bicyclic) bond motifs is 1. The molecule has 1 aliphatic heterocycles. The second-order valence-electron chi connectivity index (χ2n) is 9.26. The van der Waals surface area contributed by atoms with E-state index in [1.165, 1.54) is 9.58 Å². The minimum atomic E-state index is -1.00. The number of nitrogens with one attached hydrogen (secondary N) is 1. The SMILES string of the molecule is COc1cccc([C@@H](C(=O)NC[C@H]2CCCO2)N(C(=O)Cn2nnc3ccccc32)c2cccc(OC)c2)c1. The number of carbonyl (C=O) groups excluding carboxylic acids is 2. The molecule has 0 aliphatic carbocycles. The summed E-state index contributed by atoms with van der Waals surface area (Å²) in [5.41, 5.74) is 2.50. The fourth-order valence-electron chi connectivity index (χ4n) is 4.78. The van der Waals surface area contributed by atoms with E-state index in [2.05, 4.69) is 15.6 Å². The second kappa shape index (κ2) is 12.0. The molecule has 5 rings (SSSR count). The van der Waals surface area contributed by atoms with Crippen molar-refractivity contribution in [3.8, 4) is 11.5 Å². The number of amides is 2. The molecule has 4 aromatic rings. The van der Waals surface area contributed by atoms with Crippen molar-refractivity contribution in [3.63, 3.8) is 0 Å². The van der Waals surface area contributed by atoms with Crippen LogP contribution >= 0.6 is 0 Å². The third kappa shape index (κ3) is 5.85. The Kier molecular flexibility index (Phi) is 8.02. The molecule has 0 unspecified atom stereocenters. The molecular weight excluding hydrogens is 498 g/mol. The number of benzene rings is 3. The number of ether oxygens (including phenoxy) is 3. The highest BCUT2D eigenvalue weighted by atomic mass is 16.5. The van der Waals surface area contributed by atoms with Crippen molar-refractivity contribution in [2.45, 2.75) is 31.5 Å². The van der Waals surface area contributed by atoms with E-state index in [9.17, 15) is 9.59 Å². The third-order valence-corrected chi connectivity index (χ3v) is 6.75. The van der Waals surface area contributed by atoms with Crippen LogP contribution in [0.3, 0.4) is 0 Å². The first-order chi connectivity index (χ1) is 19.1. The molecule has 2 amide bonds. The van der Waals surface area contributed by atoms with Gasteiger partial charge in [0, 0.05) is 24.9 Å². The number of methoxy groups -OCH3 is 2. The maximum Gasteiger partial charge on any atom is 0.249 e. The summed E-state index contributed by atoms with van der Waals surface area (Å²) < 4.78 is 18.1. The first-order valence-corrected chi connectivity index (χ1v) is 12.8. The molecule has 39 heavy (non-hydrogen) atoms. The van der Waals surface area contributed by atoms with Crippen LogP contribution < -0.4 is 19.7 Å². The molecule has 3 aromatic carbocycles. The number of rotatable bonds is 10. The zero-order chi connectivity index (χ0) is 27.2. The normalized spacial score (nSPS) is 15.6. The topological polar surface area (TPSA) is 108 Å². The minimum Gasteiger partial charge on any atom is -0.497 e. The van der Waals surface area contributed by atoms with Gasteiger partial charge in [0.25, 0.3) is 0 Å². The lowest BCUT2D eigenvalue weighted by Crippen LogP contribution is -2.46. The summed E-state index contributed by atoms with van der Waals surface area (Å²) in [5, 5.41) is 11.4. The van der Waals surface area contributed by atoms with E-state index >= 15 is 0 Å². The van der Waals surface area contributed by atoms with E-state index in [1.54, 1.807) is 56.7 Å². The van der Waals surface area contributed by atoms with Crippen molar-refractivity contribution in [1.82, 2.24) is 20.3 Å². The van der Waals surface area contributed by atoms with Crippen LogP contribution in [0.1, 0.15) is 24.4 Å². The number of carbonyl (C=O) groups is 2. The average Bonchev–Trinajstić information content (AvgIpc) is 3.65. The van der Waals surface area contributed by atoms with Crippen molar-refractivity contribution < 1.29 is 23.8 Å².